The molecular weight excluding hydrogens is 316 g/mol. The lowest BCUT2D eigenvalue weighted by Crippen LogP contribution is -2.49. The molecule has 1 fully saturated rings. The summed E-state index contributed by atoms with van der Waals surface area (Å²) >= 11 is 1.74. The van der Waals surface area contributed by atoms with E-state index in [1.165, 1.54) is 5.56 Å². The molecule has 124 valence electrons. The Morgan fingerprint density at radius 2 is 2.09 bits per heavy atom. The van der Waals surface area contributed by atoms with E-state index in [4.69, 9.17) is 5.73 Å². The predicted octanol–water partition coefficient (Wildman–Crippen LogP) is 3.14. The first-order valence-electron chi connectivity index (χ1n) is 7.71. The number of nitrogens with zero attached hydrogens (tertiary/aromatic N) is 1. The molecule has 0 bridgehead atoms. The molecule has 1 aliphatic heterocycles. The highest BCUT2D eigenvalue weighted by molar-refractivity contribution is 7.98. The maximum absolute atomic E-state index is 12.4. The van der Waals surface area contributed by atoms with Crippen molar-refractivity contribution in [3.63, 3.8) is 0 Å². The van der Waals surface area contributed by atoms with Crippen molar-refractivity contribution in [3.8, 4) is 0 Å². The Labute approximate surface area is 144 Å². The van der Waals surface area contributed by atoms with Crippen molar-refractivity contribution in [2.24, 2.45) is 11.7 Å². The summed E-state index contributed by atoms with van der Waals surface area (Å²) in [6.45, 7) is 3.89. The second-order valence-corrected chi connectivity index (χ2v) is 6.94. The van der Waals surface area contributed by atoms with Crippen molar-refractivity contribution in [1.29, 1.82) is 0 Å². The normalized spacial score (nSPS) is 22.8. The molecule has 0 saturated carbocycles. The van der Waals surface area contributed by atoms with Crippen LogP contribution in [-0.4, -0.2) is 41.9 Å². The second kappa shape index (κ2) is 9.43. The maximum atomic E-state index is 12.4. The fraction of sp³-hybridized carbons (Fsp3) is 0.588. The highest BCUT2D eigenvalue weighted by atomic mass is 35.5. The minimum absolute atomic E-state index is 0. The minimum Gasteiger partial charge on any atom is -0.341 e. The van der Waals surface area contributed by atoms with Gasteiger partial charge in [0.05, 0.1) is 6.04 Å². The zero-order valence-corrected chi connectivity index (χ0v) is 15.0. The average Bonchev–Trinajstić information content (AvgIpc) is 2.52. The lowest BCUT2D eigenvalue weighted by atomic mass is 9.81. The van der Waals surface area contributed by atoms with Crippen LogP contribution in [0.1, 0.15) is 31.2 Å². The van der Waals surface area contributed by atoms with Crippen LogP contribution in [0.3, 0.4) is 0 Å². The van der Waals surface area contributed by atoms with Gasteiger partial charge in [-0.15, -0.1) is 12.4 Å². The Balaban J connectivity index is 0.00000242. The van der Waals surface area contributed by atoms with Gasteiger partial charge in [0, 0.05) is 13.1 Å². The van der Waals surface area contributed by atoms with Crippen molar-refractivity contribution in [2.45, 2.75) is 31.7 Å². The molecule has 3 nitrogen and oxygen atoms in total. The van der Waals surface area contributed by atoms with E-state index in [2.05, 4.69) is 37.3 Å². The number of nitrogens with two attached hydrogens (primary N) is 1. The first-order chi connectivity index (χ1) is 10.1. The van der Waals surface area contributed by atoms with Crippen LogP contribution in [0.2, 0.25) is 0 Å². The molecule has 1 aliphatic rings. The van der Waals surface area contributed by atoms with Crippen LogP contribution in [0.15, 0.2) is 30.3 Å². The van der Waals surface area contributed by atoms with E-state index in [0.29, 0.717) is 11.8 Å². The fourth-order valence-electron chi connectivity index (χ4n) is 3.14. The Bertz CT molecular complexity index is 457. The first-order valence-corrected chi connectivity index (χ1v) is 9.11. The fourth-order valence-corrected chi connectivity index (χ4v) is 3.63. The summed E-state index contributed by atoms with van der Waals surface area (Å²) in [5, 5.41) is 0. The molecule has 2 rings (SSSR count). The molecule has 1 amide bonds. The molecule has 3 atom stereocenters. The van der Waals surface area contributed by atoms with Gasteiger partial charge < -0.3 is 10.6 Å². The molecule has 0 aromatic heterocycles. The van der Waals surface area contributed by atoms with Crippen molar-refractivity contribution in [1.82, 2.24) is 4.90 Å². The van der Waals surface area contributed by atoms with Gasteiger partial charge >= 0.3 is 0 Å². The third-order valence-electron chi connectivity index (χ3n) is 4.39. The molecule has 5 heteroatoms. The molecular formula is C17H27ClN2OS. The van der Waals surface area contributed by atoms with Gasteiger partial charge in [-0.05, 0) is 42.2 Å². The van der Waals surface area contributed by atoms with E-state index in [-0.39, 0.29) is 24.4 Å². The van der Waals surface area contributed by atoms with Gasteiger partial charge in [0.15, 0.2) is 0 Å². The van der Waals surface area contributed by atoms with Crippen LogP contribution >= 0.6 is 24.2 Å². The third-order valence-corrected chi connectivity index (χ3v) is 5.04. The Hall–Kier alpha value is -0.710. The van der Waals surface area contributed by atoms with Gasteiger partial charge in [0.1, 0.15) is 0 Å². The first kappa shape index (κ1) is 19.3. The number of rotatable bonds is 5. The Morgan fingerprint density at radius 1 is 1.41 bits per heavy atom. The summed E-state index contributed by atoms with van der Waals surface area (Å²) < 4.78 is 0. The highest BCUT2D eigenvalue weighted by Crippen LogP contribution is 2.32. The summed E-state index contributed by atoms with van der Waals surface area (Å²) in [7, 11) is 0. The van der Waals surface area contributed by atoms with Crippen LogP contribution in [-0.2, 0) is 4.79 Å². The van der Waals surface area contributed by atoms with Crippen LogP contribution in [0, 0.1) is 5.92 Å². The topological polar surface area (TPSA) is 46.3 Å². The Morgan fingerprint density at radius 3 is 2.68 bits per heavy atom. The average molecular weight is 343 g/mol. The molecule has 1 heterocycles. The Kier molecular flexibility index (Phi) is 8.29. The smallest absolute Gasteiger partial charge is 0.239 e. The standard InChI is InChI=1S/C17H26N2OS.ClH/c1-13-12-19(17(20)16(18)9-11-21-2)10-8-15(13)14-6-4-3-5-7-14;/h3-7,13,15-16H,8-12,18H2,1-2H3;1H/t13?,15?,16-;/m0./s1. The quantitative estimate of drug-likeness (QED) is 0.894. The number of likely N-dealkylation sites (tertiary alicyclic amines) is 1. The predicted molar refractivity (Wildman–Crippen MR) is 97.8 cm³/mol. The van der Waals surface area contributed by atoms with E-state index in [0.717, 1.165) is 31.7 Å². The number of amides is 1. The van der Waals surface area contributed by atoms with Crippen LogP contribution < -0.4 is 5.73 Å². The minimum atomic E-state index is -0.335. The molecule has 0 radical (unpaired) electrons. The van der Waals surface area contributed by atoms with Gasteiger partial charge in [-0.25, -0.2) is 0 Å². The van der Waals surface area contributed by atoms with Crippen molar-refractivity contribution >= 4 is 30.1 Å². The highest BCUT2D eigenvalue weighted by Gasteiger charge is 2.31. The van der Waals surface area contributed by atoms with Crippen LogP contribution in [0.25, 0.3) is 0 Å². The van der Waals surface area contributed by atoms with Crippen LogP contribution in [0.5, 0.6) is 0 Å². The van der Waals surface area contributed by atoms with Crippen LogP contribution in [0.4, 0.5) is 0 Å². The van der Waals surface area contributed by atoms with Gasteiger partial charge in [0.25, 0.3) is 0 Å². The van der Waals surface area contributed by atoms with E-state index >= 15 is 0 Å². The number of hydrogen-bond donors (Lipinski definition) is 1. The summed E-state index contributed by atoms with van der Waals surface area (Å²) in [5.41, 5.74) is 7.41. The number of hydrogen-bond acceptors (Lipinski definition) is 3. The van der Waals surface area contributed by atoms with Gasteiger partial charge in [-0.2, -0.15) is 11.8 Å². The van der Waals surface area contributed by atoms with E-state index in [1.54, 1.807) is 11.8 Å². The zero-order chi connectivity index (χ0) is 15.2. The molecule has 1 saturated heterocycles. The summed E-state index contributed by atoms with van der Waals surface area (Å²) in [4.78, 5) is 14.4. The largest absolute Gasteiger partial charge is 0.341 e. The summed E-state index contributed by atoms with van der Waals surface area (Å²) in [6, 6.07) is 10.3. The molecule has 2 N–H and O–H groups in total. The van der Waals surface area contributed by atoms with Crippen molar-refractivity contribution < 1.29 is 4.79 Å². The molecule has 0 aliphatic carbocycles. The van der Waals surface area contributed by atoms with E-state index < -0.39 is 0 Å². The van der Waals surface area contributed by atoms with Gasteiger partial charge in [-0.3, -0.25) is 4.79 Å². The zero-order valence-electron chi connectivity index (χ0n) is 13.4. The lowest BCUT2D eigenvalue weighted by molar-refractivity contribution is -0.134. The van der Waals surface area contributed by atoms with Crippen molar-refractivity contribution in [3.05, 3.63) is 35.9 Å². The number of halogens is 1. The molecule has 1 aromatic carbocycles. The SMILES string of the molecule is CSCC[C@H](N)C(=O)N1CCC(c2ccccc2)C(C)C1.Cl. The number of thioether (sulfide) groups is 1. The molecule has 22 heavy (non-hydrogen) atoms. The van der Waals surface area contributed by atoms with E-state index in [9.17, 15) is 4.79 Å². The monoisotopic (exact) mass is 342 g/mol. The number of benzene rings is 1. The number of carbonyl (C=O) groups excluding carboxylic acids is 1. The third kappa shape index (κ3) is 4.90. The molecule has 0 spiro atoms. The number of carbonyl (C=O) groups is 1. The summed E-state index contributed by atoms with van der Waals surface area (Å²) in [5.74, 6) is 2.11. The van der Waals surface area contributed by atoms with Gasteiger partial charge in [-0.1, -0.05) is 37.3 Å². The molecule has 1 aromatic rings. The second-order valence-electron chi connectivity index (χ2n) is 5.96. The summed E-state index contributed by atoms with van der Waals surface area (Å²) in [6.07, 6.45) is 3.85. The number of piperidine rings is 1. The maximum Gasteiger partial charge on any atom is 0.239 e. The molecule has 2 unspecified atom stereocenters. The lowest BCUT2D eigenvalue weighted by Gasteiger charge is -2.38. The van der Waals surface area contributed by atoms with E-state index in [1.807, 2.05) is 11.2 Å². The van der Waals surface area contributed by atoms with Crippen molar-refractivity contribution in [2.75, 3.05) is 25.1 Å². The van der Waals surface area contributed by atoms with Gasteiger partial charge in [0.2, 0.25) is 5.91 Å².